The van der Waals surface area contributed by atoms with Gasteiger partial charge in [0, 0.05) is 6.07 Å². The van der Waals surface area contributed by atoms with Gasteiger partial charge >= 0.3 is 0 Å². The van der Waals surface area contributed by atoms with Gasteiger partial charge in [0.15, 0.2) is 11.6 Å². The van der Waals surface area contributed by atoms with Gasteiger partial charge in [-0.15, -0.1) is 0 Å². The lowest BCUT2D eigenvalue weighted by Gasteiger charge is -2.08. The normalized spacial score (nSPS) is 9.90. The molecule has 0 fully saturated rings. The fraction of sp³-hybridized carbons (Fsp3) is 0.125. The van der Waals surface area contributed by atoms with Gasteiger partial charge in [0.1, 0.15) is 18.2 Å². The molecule has 108 valence electrons. The molecule has 0 aromatic heterocycles. The van der Waals surface area contributed by atoms with Crippen molar-refractivity contribution in [3.8, 4) is 17.6 Å². The predicted molar refractivity (Wildman–Crippen MR) is 73.0 cm³/mol. The Morgan fingerprint density at radius 1 is 1.00 bits per heavy atom. The van der Waals surface area contributed by atoms with Gasteiger partial charge in [-0.05, 0) is 29.8 Å². The van der Waals surface area contributed by atoms with Crippen molar-refractivity contribution >= 4 is 0 Å². The van der Waals surface area contributed by atoms with E-state index in [9.17, 15) is 13.2 Å². The summed E-state index contributed by atoms with van der Waals surface area (Å²) < 4.78 is 44.9. The van der Waals surface area contributed by atoms with Crippen molar-refractivity contribution in [3.05, 3.63) is 65.0 Å². The van der Waals surface area contributed by atoms with E-state index < -0.39 is 17.5 Å². The molecular formula is C16H12F3NO. The molecule has 0 saturated heterocycles. The van der Waals surface area contributed by atoms with Crippen LogP contribution in [-0.2, 0) is 6.61 Å². The summed E-state index contributed by atoms with van der Waals surface area (Å²) in [6.45, 7) is 0.140. The van der Waals surface area contributed by atoms with Crippen LogP contribution in [0.4, 0.5) is 13.2 Å². The molecule has 21 heavy (non-hydrogen) atoms. The number of rotatable bonds is 3. The minimum absolute atomic E-state index is 0.0140. The molecule has 0 saturated carbocycles. The molecule has 0 aliphatic rings. The van der Waals surface area contributed by atoms with Crippen LogP contribution in [0.2, 0.25) is 0 Å². The topological polar surface area (TPSA) is 35.2 Å². The molecule has 0 aliphatic carbocycles. The van der Waals surface area contributed by atoms with Crippen LogP contribution in [0.3, 0.4) is 0 Å². The summed E-state index contributed by atoms with van der Waals surface area (Å²) in [5, 5.41) is 0. The number of hydrogen-bond donors (Lipinski definition) is 1. The lowest BCUT2D eigenvalue weighted by molar-refractivity contribution is 0.289. The van der Waals surface area contributed by atoms with Gasteiger partial charge < -0.3 is 10.5 Å². The minimum Gasteiger partial charge on any atom is -0.486 e. The molecule has 0 heterocycles. The predicted octanol–water partition coefficient (Wildman–Crippen LogP) is 2.99. The van der Waals surface area contributed by atoms with E-state index in [1.165, 1.54) is 24.3 Å². The summed E-state index contributed by atoms with van der Waals surface area (Å²) >= 11 is 0. The van der Waals surface area contributed by atoms with Crippen molar-refractivity contribution in [1.82, 2.24) is 0 Å². The zero-order valence-electron chi connectivity index (χ0n) is 11.0. The number of nitrogens with two attached hydrogens (primary N) is 1. The second-order valence-electron chi connectivity index (χ2n) is 4.18. The first kappa shape index (κ1) is 14.9. The number of halogens is 3. The third-order valence-electron chi connectivity index (χ3n) is 2.64. The summed E-state index contributed by atoms with van der Waals surface area (Å²) in [5.41, 5.74) is 6.04. The third kappa shape index (κ3) is 4.01. The maximum Gasteiger partial charge on any atom is 0.167 e. The van der Waals surface area contributed by atoms with Crippen LogP contribution < -0.4 is 10.5 Å². The zero-order valence-corrected chi connectivity index (χ0v) is 11.0. The molecule has 0 atom stereocenters. The van der Waals surface area contributed by atoms with Crippen molar-refractivity contribution in [2.45, 2.75) is 6.61 Å². The van der Waals surface area contributed by atoms with Crippen LogP contribution in [0.25, 0.3) is 0 Å². The standard InChI is InChI=1S/C16H12F3NO/c17-13-4-6-16(15(19)9-13)21-10-11-3-5-14(18)12(8-11)2-1-7-20/h3-6,8-9H,7,10,20H2. The van der Waals surface area contributed by atoms with Crippen molar-refractivity contribution < 1.29 is 17.9 Å². The van der Waals surface area contributed by atoms with Crippen molar-refractivity contribution in [2.75, 3.05) is 6.54 Å². The minimum atomic E-state index is -0.791. The largest absolute Gasteiger partial charge is 0.486 e. The second kappa shape index (κ2) is 6.82. The van der Waals surface area contributed by atoms with E-state index in [0.717, 1.165) is 12.1 Å². The summed E-state index contributed by atoms with van der Waals surface area (Å²) in [5.74, 6) is 3.15. The van der Waals surface area contributed by atoms with Gasteiger partial charge in [-0.25, -0.2) is 13.2 Å². The highest BCUT2D eigenvalue weighted by molar-refractivity contribution is 5.38. The van der Waals surface area contributed by atoms with E-state index in [4.69, 9.17) is 10.5 Å². The summed E-state index contributed by atoms with van der Waals surface area (Å²) in [4.78, 5) is 0. The molecule has 0 radical (unpaired) electrons. The Morgan fingerprint density at radius 3 is 2.52 bits per heavy atom. The molecule has 0 spiro atoms. The maximum absolute atomic E-state index is 13.5. The highest BCUT2D eigenvalue weighted by Gasteiger charge is 2.06. The maximum atomic E-state index is 13.5. The molecular weight excluding hydrogens is 279 g/mol. The molecule has 0 aliphatic heterocycles. The van der Waals surface area contributed by atoms with Crippen LogP contribution in [0.15, 0.2) is 36.4 Å². The van der Waals surface area contributed by atoms with Crippen LogP contribution in [-0.4, -0.2) is 6.54 Å². The number of ether oxygens (including phenoxy) is 1. The van der Waals surface area contributed by atoms with Gasteiger partial charge in [0.05, 0.1) is 12.1 Å². The Labute approximate surface area is 120 Å². The van der Waals surface area contributed by atoms with Gasteiger partial charge in [-0.1, -0.05) is 17.9 Å². The van der Waals surface area contributed by atoms with Crippen LogP contribution in [0.5, 0.6) is 5.75 Å². The molecule has 2 aromatic rings. The Kier molecular flexibility index (Phi) is 4.85. The number of benzene rings is 2. The lowest BCUT2D eigenvalue weighted by Crippen LogP contribution is -1.99. The Balaban J connectivity index is 2.13. The number of hydrogen-bond acceptors (Lipinski definition) is 2. The first-order chi connectivity index (χ1) is 10.1. The Morgan fingerprint density at radius 2 is 1.81 bits per heavy atom. The SMILES string of the molecule is NCC#Cc1cc(COc2ccc(F)cc2F)ccc1F. The fourth-order valence-electron chi connectivity index (χ4n) is 1.66. The Hall–Kier alpha value is -2.45. The van der Waals surface area contributed by atoms with Crippen LogP contribution >= 0.6 is 0 Å². The lowest BCUT2D eigenvalue weighted by atomic mass is 10.1. The van der Waals surface area contributed by atoms with E-state index >= 15 is 0 Å². The Bertz CT molecular complexity index is 704. The van der Waals surface area contributed by atoms with Crippen LogP contribution in [0.1, 0.15) is 11.1 Å². The molecule has 0 amide bonds. The summed E-state index contributed by atoms with van der Waals surface area (Å²) in [6.07, 6.45) is 0. The average molecular weight is 291 g/mol. The van der Waals surface area contributed by atoms with Crippen molar-refractivity contribution in [1.29, 1.82) is 0 Å². The molecule has 2 N–H and O–H groups in total. The van der Waals surface area contributed by atoms with E-state index in [0.29, 0.717) is 5.56 Å². The fourth-order valence-corrected chi connectivity index (χ4v) is 1.66. The van der Waals surface area contributed by atoms with Gasteiger partial charge in [0.2, 0.25) is 0 Å². The third-order valence-corrected chi connectivity index (χ3v) is 2.64. The highest BCUT2D eigenvalue weighted by Crippen LogP contribution is 2.19. The second-order valence-corrected chi connectivity index (χ2v) is 4.18. The highest BCUT2D eigenvalue weighted by atomic mass is 19.1. The molecule has 5 heteroatoms. The van der Waals surface area contributed by atoms with E-state index in [-0.39, 0.29) is 24.5 Å². The smallest absolute Gasteiger partial charge is 0.167 e. The average Bonchev–Trinajstić information content (AvgIpc) is 2.46. The van der Waals surface area contributed by atoms with E-state index in [2.05, 4.69) is 11.8 Å². The van der Waals surface area contributed by atoms with E-state index in [1.807, 2.05) is 0 Å². The van der Waals surface area contributed by atoms with E-state index in [1.54, 1.807) is 0 Å². The molecule has 0 bridgehead atoms. The van der Waals surface area contributed by atoms with Crippen molar-refractivity contribution in [3.63, 3.8) is 0 Å². The summed E-state index contributed by atoms with van der Waals surface area (Å²) in [7, 11) is 0. The first-order valence-electron chi connectivity index (χ1n) is 6.15. The van der Waals surface area contributed by atoms with Gasteiger partial charge in [-0.2, -0.15) is 0 Å². The van der Waals surface area contributed by atoms with Gasteiger partial charge in [0.25, 0.3) is 0 Å². The first-order valence-corrected chi connectivity index (χ1v) is 6.15. The van der Waals surface area contributed by atoms with Gasteiger partial charge in [-0.3, -0.25) is 0 Å². The molecule has 0 unspecified atom stereocenters. The molecule has 2 rings (SSSR count). The molecule has 2 aromatic carbocycles. The quantitative estimate of drug-likeness (QED) is 0.882. The van der Waals surface area contributed by atoms with Crippen molar-refractivity contribution in [2.24, 2.45) is 5.73 Å². The van der Waals surface area contributed by atoms with Crippen LogP contribution in [0, 0.1) is 29.3 Å². The monoisotopic (exact) mass is 291 g/mol. The molecule has 2 nitrogen and oxygen atoms in total. The zero-order chi connectivity index (χ0) is 15.2. The summed E-state index contributed by atoms with van der Waals surface area (Å²) in [6, 6.07) is 7.28.